The van der Waals surface area contributed by atoms with Crippen LogP contribution in [0.2, 0.25) is 0 Å². The van der Waals surface area contributed by atoms with Gasteiger partial charge in [0.2, 0.25) is 5.91 Å². The number of nitrogens with two attached hydrogens (primary N) is 1. The van der Waals surface area contributed by atoms with Gasteiger partial charge in [-0.15, -0.1) is 0 Å². The molecule has 0 rings (SSSR count). The van der Waals surface area contributed by atoms with E-state index >= 15 is 0 Å². The van der Waals surface area contributed by atoms with Crippen LogP contribution in [0.3, 0.4) is 0 Å². The summed E-state index contributed by atoms with van der Waals surface area (Å²) in [5.74, 6) is 0.0889. The number of carboxylic acids is 1. The van der Waals surface area contributed by atoms with Gasteiger partial charge in [0.15, 0.2) is 0 Å². The van der Waals surface area contributed by atoms with Crippen LogP contribution in [0.15, 0.2) is 0 Å². The maximum Gasteiger partial charge on any atom is 0.326 e. The smallest absolute Gasteiger partial charge is 0.326 e. The molecule has 4 N–H and O–H groups in total. The van der Waals surface area contributed by atoms with Crippen molar-refractivity contribution in [2.24, 2.45) is 5.73 Å². The van der Waals surface area contributed by atoms with E-state index in [0.717, 1.165) is 5.75 Å². The maximum atomic E-state index is 11.6. The molecule has 8 heteroatoms. The molecule has 0 aromatic rings. The van der Waals surface area contributed by atoms with Gasteiger partial charge in [0.05, 0.1) is 6.04 Å². The summed E-state index contributed by atoms with van der Waals surface area (Å²) in [6.07, 6.45) is 4.80. The monoisotopic (exact) mass is 319 g/mol. The van der Waals surface area contributed by atoms with E-state index in [1.54, 1.807) is 23.5 Å². The largest absolute Gasteiger partial charge is 0.480 e. The first-order valence-corrected chi connectivity index (χ1v) is 8.08. The van der Waals surface area contributed by atoms with E-state index in [-0.39, 0.29) is 57.3 Å². The number of carbonyl (C=O) groups is 2. The Morgan fingerprint density at radius 2 is 1.72 bits per heavy atom. The Bertz CT molecular complexity index is 257. The minimum absolute atomic E-state index is 0. The average molecular weight is 320 g/mol. The number of nitrogens with one attached hydrogen (secondary N) is 1. The third-order valence-electron chi connectivity index (χ3n) is 2.19. The van der Waals surface area contributed by atoms with E-state index in [4.69, 9.17) is 10.8 Å². The molecule has 5 nitrogen and oxygen atoms in total. The fraction of sp³-hybridized carbons (Fsp3) is 0.800. The van der Waals surface area contributed by atoms with Crippen LogP contribution >= 0.6 is 23.5 Å². The van der Waals surface area contributed by atoms with Gasteiger partial charge in [-0.3, -0.25) is 4.79 Å². The van der Waals surface area contributed by atoms with Gasteiger partial charge in [-0.05, 0) is 36.9 Å². The molecule has 18 heavy (non-hydrogen) atoms. The summed E-state index contributed by atoms with van der Waals surface area (Å²) >= 11 is 3.15. The van der Waals surface area contributed by atoms with Crippen molar-refractivity contribution >= 4 is 86.8 Å². The SMILES string of the molecule is CSCC[C@H](NC(=O)[C@@H](N)CCSC)C(=O)O.[K]. The molecule has 0 aromatic carbocycles. The predicted octanol–water partition coefficient (Wildman–Crippen LogP) is 0.00850. The molecule has 1 amide bonds. The Morgan fingerprint density at radius 3 is 2.17 bits per heavy atom. The van der Waals surface area contributed by atoms with E-state index in [1.807, 2.05) is 12.5 Å². The summed E-state index contributed by atoms with van der Waals surface area (Å²) in [7, 11) is 0. The summed E-state index contributed by atoms with van der Waals surface area (Å²) in [4.78, 5) is 22.5. The van der Waals surface area contributed by atoms with Gasteiger partial charge in [0.1, 0.15) is 6.04 Å². The summed E-state index contributed by atoms with van der Waals surface area (Å²) in [5.41, 5.74) is 5.66. The molecule has 0 unspecified atom stereocenters. The molecular weight excluding hydrogens is 299 g/mol. The van der Waals surface area contributed by atoms with Gasteiger partial charge >= 0.3 is 5.97 Å². The molecule has 0 aliphatic carbocycles. The molecule has 0 spiro atoms. The predicted molar refractivity (Wildman–Crippen MR) is 79.3 cm³/mol. The van der Waals surface area contributed by atoms with Gasteiger partial charge in [-0.1, -0.05) is 0 Å². The van der Waals surface area contributed by atoms with Crippen molar-refractivity contribution in [3.8, 4) is 0 Å². The third-order valence-corrected chi connectivity index (χ3v) is 3.48. The molecule has 0 saturated heterocycles. The molecule has 0 aliphatic rings. The second-order valence-corrected chi connectivity index (χ2v) is 5.54. The normalized spacial score (nSPS) is 13.3. The molecule has 0 bridgehead atoms. The first-order chi connectivity index (χ1) is 8.02. The van der Waals surface area contributed by atoms with Crippen molar-refractivity contribution in [1.29, 1.82) is 0 Å². The Hall–Kier alpha value is 1.24. The first-order valence-electron chi connectivity index (χ1n) is 5.29. The minimum atomic E-state index is -1.01. The van der Waals surface area contributed by atoms with Crippen molar-refractivity contribution in [3.05, 3.63) is 0 Å². The van der Waals surface area contributed by atoms with Gasteiger partial charge in [0.25, 0.3) is 0 Å². The Kier molecular flexibility index (Phi) is 15.8. The number of thioether (sulfide) groups is 2. The molecule has 0 saturated carbocycles. The minimum Gasteiger partial charge on any atom is -0.480 e. The van der Waals surface area contributed by atoms with Crippen molar-refractivity contribution < 1.29 is 14.7 Å². The van der Waals surface area contributed by atoms with Crippen LogP contribution in [0.5, 0.6) is 0 Å². The van der Waals surface area contributed by atoms with E-state index in [2.05, 4.69) is 5.32 Å². The second-order valence-electron chi connectivity index (χ2n) is 3.57. The number of carboxylic acid groups (broad SMARTS) is 1. The topological polar surface area (TPSA) is 92.4 Å². The molecule has 101 valence electrons. The zero-order chi connectivity index (χ0) is 13.3. The summed E-state index contributed by atoms with van der Waals surface area (Å²) in [6, 6.07) is -1.46. The van der Waals surface area contributed by atoms with Gasteiger partial charge < -0.3 is 16.2 Å². The van der Waals surface area contributed by atoms with E-state index in [0.29, 0.717) is 18.6 Å². The van der Waals surface area contributed by atoms with Crippen molar-refractivity contribution in [3.63, 3.8) is 0 Å². The molecule has 0 aromatic heterocycles. The molecule has 0 aliphatic heterocycles. The van der Waals surface area contributed by atoms with Gasteiger partial charge in [-0.2, -0.15) is 23.5 Å². The zero-order valence-corrected chi connectivity index (χ0v) is 15.9. The molecule has 0 fully saturated rings. The summed E-state index contributed by atoms with van der Waals surface area (Å²) < 4.78 is 0. The van der Waals surface area contributed by atoms with Gasteiger partial charge in [0, 0.05) is 51.4 Å². The van der Waals surface area contributed by atoms with Crippen molar-refractivity contribution in [2.75, 3.05) is 24.0 Å². The number of aliphatic carboxylic acids is 1. The summed E-state index contributed by atoms with van der Waals surface area (Å²) in [6.45, 7) is 0. The van der Waals surface area contributed by atoms with Crippen LogP contribution in [-0.4, -0.2) is 104 Å². The standard InChI is InChI=1S/C10H20N2O3S2.K/c1-16-5-3-7(11)9(13)12-8(10(14)15)4-6-17-2;/h7-8H,3-6,11H2,1-2H3,(H,12,13)(H,14,15);/t7-,8-;/m0./s1. The first kappa shape index (κ1) is 21.5. The number of carbonyl (C=O) groups excluding carboxylic acids is 1. The van der Waals surface area contributed by atoms with E-state index < -0.39 is 18.1 Å². The quantitative estimate of drug-likeness (QED) is 0.519. The Balaban J connectivity index is 0. The maximum absolute atomic E-state index is 11.6. The molecule has 2 atom stereocenters. The number of amides is 1. The van der Waals surface area contributed by atoms with Crippen LogP contribution in [0, 0.1) is 0 Å². The third kappa shape index (κ3) is 10.1. The fourth-order valence-corrected chi connectivity index (χ4v) is 2.11. The Labute approximate surface area is 159 Å². The van der Waals surface area contributed by atoms with Gasteiger partial charge in [-0.25, -0.2) is 4.79 Å². The number of rotatable bonds is 9. The Morgan fingerprint density at radius 1 is 1.22 bits per heavy atom. The summed E-state index contributed by atoms with van der Waals surface area (Å²) in [5, 5.41) is 11.4. The van der Waals surface area contributed by atoms with E-state index in [1.165, 1.54) is 0 Å². The average Bonchev–Trinajstić information content (AvgIpc) is 2.30. The fourth-order valence-electron chi connectivity index (χ4n) is 1.15. The number of hydrogen-bond acceptors (Lipinski definition) is 5. The van der Waals surface area contributed by atoms with Crippen molar-refractivity contribution in [1.82, 2.24) is 5.32 Å². The molecular formula is C10H20KN2O3S2. The zero-order valence-electron chi connectivity index (χ0n) is 11.1. The van der Waals surface area contributed by atoms with Crippen molar-refractivity contribution in [2.45, 2.75) is 24.9 Å². The second kappa shape index (κ2) is 13.2. The van der Waals surface area contributed by atoms with Crippen LogP contribution in [0.1, 0.15) is 12.8 Å². The van der Waals surface area contributed by atoms with Crippen LogP contribution in [0.4, 0.5) is 0 Å². The number of hydrogen-bond donors (Lipinski definition) is 3. The van der Waals surface area contributed by atoms with E-state index in [9.17, 15) is 9.59 Å². The van der Waals surface area contributed by atoms with Crippen LogP contribution in [-0.2, 0) is 9.59 Å². The molecule has 0 heterocycles. The van der Waals surface area contributed by atoms with Crippen LogP contribution < -0.4 is 11.1 Å². The van der Waals surface area contributed by atoms with Crippen LogP contribution in [0.25, 0.3) is 0 Å². The molecule has 1 radical (unpaired) electrons.